The van der Waals surface area contributed by atoms with Crippen molar-refractivity contribution < 1.29 is 28.6 Å². The van der Waals surface area contributed by atoms with Gasteiger partial charge in [0.2, 0.25) is 0 Å². The molecule has 4 rings (SSSR count). The number of hydrogen-bond acceptors (Lipinski definition) is 6. The maximum absolute atomic E-state index is 13.3. The molecule has 2 N–H and O–H groups in total. The minimum Gasteiger partial charge on any atom is -0.490 e. The molecule has 2 aliphatic rings. The molecule has 2 heterocycles. The van der Waals surface area contributed by atoms with Gasteiger partial charge in [0.15, 0.2) is 0 Å². The number of anilines is 2. The molecule has 1 saturated heterocycles. The highest BCUT2D eigenvalue weighted by molar-refractivity contribution is 6.30. The maximum atomic E-state index is 13.3. The standard InChI is InChI=1S/C24H26ClN3O6/c1-28-19-8-7-17(12-22(29)32-2)34-21(19)13-33-20-9-6-16(11-18(20)23(28)30)27-24(31)26-15-5-3-4-14(25)10-15/h3-6,9-11,17,19,21H,7-8,12-13H2,1-2H3,(H2,26,27,31)/t17-,19+,21+/m0/s1. The number of carbonyl (C=O) groups excluding carboxylic acids is 3. The molecule has 0 spiro atoms. The Morgan fingerprint density at radius 2 is 1.91 bits per heavy atom. The number of methoxy groups -OCH3 is 1. The van der Waals surface area contributed by atoms with Crippen molar-refractivity contribution in [3.63, 3.8) is 0 Å². The van der Waals surface area contributed by atoms with Crippen LogP contribution >= 0.6 is 11.6 Å². The van der Waals surface area contributed by atoms with Crippen molar-refractivity contribution in [1.82, 2.24) is 4.90 Å². The quantitative estimate of drug-likeness (QED) is 0.633. The van der Waals surface area contributed by atoms with Gasteiger partial charge in [0.05, 0.1) is 31.2 Å². The minimum absolute atomic E-state index is 0.167. The largest absolute Gasteiger partial charge is 0.490 e. The molecule has 0 aromatic heterocycles. The van der Waals surface area contributed by atoms with Crippen LogP contribution in [0.25, 0.3) is 0 Å². The Hall–Kier alpha value is -3.30. The van der Waals surface area contributed by atoms with Crippen LogP contribution in [0.5, 0.6) is 5.75 Å². The molecule has 0 radical (unpaired) electrons. The average molecular weight is 488 g/mol. The van der Waals surface area contributed by atoms with Crippen LogP contribution in [-0.4, -0.2) is 61.8 Å². The van der Waals surface area contributed by atoms with Crippen molar-refractivity contribution in [2.24, 2.45) is 0 Å². The number of esters is 1. The van der Waals surface area contributed by atoms with E-state index in [1.165, 1.54) is 7.11 Å². The van der Waals surface area contributed by atoms with Crippen LogP contribution in [0, 0.1) is 0 Å². The van der Waals surface area contributed by atoms with Gasteiger partial charge >= 0.3 is 12.0 Å². The number of amides is 3. The second-order valence-electron chi connectivity index (χ2n) is 8.25. The lowest BCUT2D eigenvalue weighted by molar-refractivity contribution is -0.151. The molecular formula is C24H26ClN3O6. The summed E-state index contributed by atoms with van der Waals surface area (Å²) < 4.78 is 16.8. The lowest BCUT2D eigenvalue weighted by Gasteiger charge is -2.42. The Labute approximate surface area is 202 Å². The number of likely N-dealkylation sites (N-methyl/N-ethyl adjacent to an activating group) is 1. The molecule has 3 atom stereocenters. The fourth-order valence-corrected chi connectivity index (χ4v) is 4.42. The van der Waals surface area contributed by atoms with E-state index >= 15 is 0 Å². The first-order valence-electron chi connectivity index (χ1n) is 10.9. The zero-order valence-corrected chi connectivity index (χ0v) is 19.6. The smallest absolute Gasteiger partial charge is 0.323 e. The van der Waals surface area contributed by atoms with Gasteiger partial charge in [-0.3, -0.25) is 9.59 Å². The summed E-state index contributed by atoms with van der Waals surface area (Å²) in [4.78, 5) is 39.0. The normalized spacial score (nSPS) is 21.8. The zero-order valence-electron chi connectivity index (χ0n) is 18.9. The number of benzene rings is 2. The number of nitrogens with zero attached hydrogens (tertiary/aromatic N) is 1. The van der Waals surface area contributed by atoms with Crippen molar-refractivity contribution in [1.29, 1.82) is 0 Å². The van der Waals surface area contributed by atoms with Crippen LogP contribution in [0.3, 0.4) is 0 Å². The lowest BCUT2D eigenvalue weighted by atomic mass is 9.94. The third-order valence-corrected chi connectivity index (χ3v) is 6.21. The summed E-state index contributed by atoms with van der Waals surface area (Å²) in [6.45, 7) is 0.231. The number of carbonyl (C=O) groups is 3. The molecule has 0 bridgehead atoms. The molecule has 1 fully saturated rings. The maximum Gasteiger partial charge on any atom is 0.323 e. The van der Waals surface area contributed by atoms with Crippen molar-refractivity contribution in [3.05, 3.63) is 53.1 Å². The second kappa shape index (κ2) is 10.3. The molecule has 9 nitrogen and oxygen atoms in total. The van der Waals surface area contributed by atoms with E-state index in [0.29, 0.717) is 40.6 Å². The van der Waals surface area contributed by atoms with E-state index in [0.717, 1.165) is 0 Å². The lowest BCUT2D eigenvalue weighted by Crippen LogP contribution is -2.53. The van der Waals surface area contributed by atoms with Crippen molar-refractivity contribution in [2.45, 2.75) is 37.5 Å². The summed E-state index contributed by atoms with van der Waals surface area (Å²) in [6.07, 6.45) is 0.829. The van der Waals surface area contributed by atoms with Gasteiger partial charge in [-0.15, -0.1) is 0 Å². The summed E-state index contributed by atoms with van der Waals surface area (Å²) in [7, 11) is 3.07. The van der Waals surface area contributed by atoms with E-state index in [4.69, 9.17) is 25.8 Å². The van der Waals surface area contributed by atoms with Gasteiger partial charge in [0.1, 0.15) is 18.5 Å². The summed E-state index contributed by atoms with van der Waals surface area (Å²) in [6, 6.07) is 11.0. The molecule has 2 aromatic rings. The molecular weight excluding hydrogens is 462 g/mol. The summed E-state index contributed by atoms with van der Waals surface area (Å²) in [5.41, 5.74) is 1.33. The molecule has 2 aliphatic heterocycles. The molecule has 3 amide bonds. The number of fused-ring (bicyclic) bond motifs is 2. The van der Waals surface area contributed by atoms with Gasteiger partial charge < -0.3 is 29.7 Å². The van der Waals surface area contributed by atoms with E-state index < -0.39 is 6.03 Å². The van der Waals surface area contributed by atoms with Crippen LogP contribution in [-0.2, 0) is 14.3 Å². The number of halogens is 1. The fraction of sp³-hybridized carbons (Fsp3) is 0.375. The molecule has 34 heavy (non-hydrogen) atoms. The highest BCUT2D eigenvalue weighted by Gasteiger charge is 2.39. The van der Waals surface area contributed by atoms with Gasteiger partial charge in [0.25, 0.3) is 5.91 Å². The fourth-order valence-electron chi connectivity index (χ4n) is 4.23. The Bertz CT molecular complexity index is 1090. The number of urea groups is 1. The third-order valence-electron chi connectivity index (χ3n) is 5.97. The number of nitrogens with one attached hydrogen (secondary N) is 2. The molecule has 0 unspecified atom stereocenters. The van der Waals surface area contributed by atoms with Crippen LogP contribution in [0.1, 0.15) is 29.6 Å². The van der Waals surface area contributed by atoms with E-state index in [1.807, 2.05) is 0 Å². The topological polar surface area (TPSA) is 106 Å². The van der Waals surface area contributed by atoms with Gasteiger partial charge in [-0.2, -0.15) is 0 Å². The molecule has 10 heteroatoms. The number of rotatable bonds is 4. The van der Waals surface area contributed by atoms with E-state index in [9.17, 15) is 14.4 Å². The highest BCUT2D eigenvalue weighted by Crippen LogP contribution is 2.32. The van der Waals surface area contributed by atoms with Crippen molar-refractivity contribution >= 4 is 40.9 Å². The third kappa shape index (κ3) is 5.43. The highest BCUT2D eigenvalue weighted by atomic mass is 35.5. The Morgan fingerprint density at radius 3 is 2.65 bits per heavy atom. The molecule has 2 aromatic carbocycles. The molecule has 180 valence electrons. The van der Waals surface area contributed by atoms with E-state index in [2.05, 4.69) is 10.6 Å². The van der Waals surface area contributed by atoms with Gasteiger partial charge in [-0.05, 0) is 49.2 Å². The molecule has 0 aliphatic carbocycles. The summed E-state index contributed by atoms with van der Waals surface area (Å²) >= 11 is 5.95. The predicted molar refractivity (Wildman–Crippen MR) is 126 cm³/mol. The Morgan fingerprint density at radius 1 is 1.15 bits per heavy atom. The second-order valence-corrected chi connectivity index (χ2v) is 8.69. The monoisotopic (exact) mass is 487 g/mol. The first kappa shape index (κ1) is 23.8. The minimum atomic E-state index is -0.466. The van der Waals surface area contributed by atoms with Gasteiger partial charge in [-0.1, -0.05) is 17.7 Å². The van der Waals surface area contributed by atoms with Crippen molar-refractivity contribution in [3.8, 4) is 5.75 Å². The van der Waals surface area contributed by atoms with Crippen LogP contribution in [0.15, 0.2) is 42.5 Å². The SMILES string of the molecule is COC(=O)C[C@@H]1CC[C@@H]2[C@@H](COc3ccc(NC(=O)Nc4cccc(Cl)c4)cc3C(=O)N2C)O1. The van der Waals surface area contributed by atoms with Crippen molar-refractivity contribution in [2.75, 3.05) is 31.4 Å². The van der Waals surface area contributed by atoms with Crippen LogP contribution in [0.4, 0.5) is 16.2 Å². The first-order chi connectivity index (χ1) is 16.3. The van der Waals surface area contributed by atoms with Crippen LogP contribution in [0.2, 0.25) is 5.02 Å². The van der Waals surface area contributed by atoms with E-state index in [-0.39, 0.29) is 43.2 Å². The average Bonchev–Trinajstić information content (AvgIpc) is 2.81. The predicted octanol–water partition coefficient (Wildman–Crippen LogP) is 3.93. The van der Waals surface area contributed by atoms with Gasteiger partial charge in [0, 0.05) is 23.4 Å². The van der Waals surface area contributed by atoms with E-state index in [1.54, 1.807) is 54.4 Å². The summed E-state index contributed by atoms with van der Waals surface area (Å²) in [5.74, 6) is -0.169. The first-order valence-corrected chi connectivity index (χ1v) is 11.3. The Kier molecular flexibility index (Phi) is 7.23. The summed E-state index contributed by atoms with van der Waals surface area (Å²) in [5, 5.41) is 5.94. The number of hydrogen-bond donors (Lipinski definition) is 2. The zero-order chi connectivity index (χ0) is 24.2. The molecule has 0 saturated carbocycles. The van der Waals surface area contributed by atoms with Crippen LogP contribution < -0.4 is 15.4 Å². The Balaban J connectivity index is 1.47. The number of ether oxygens (including phenoxy) is 3. The van der Waals surface area contributed by atoms with Gasteiger partial charge in [-0.25, -0.2) is 4.79 Å².